The average Bonchev–Trinajstić information content (AvgIpc) is 2.89. The molecule has 1 atom stereocenters. The van der Waals surface area contributed by atoms with E-state index in [1.165, 1.54) is 0 Å². The molecule has 1 unspecified atom stereocenters. The van der Waals surface area contributed by atoms with E-state index in [9.17, 15) is 18.7 Å². The van der Waals surface area contributed by atoms with Crippen LogP contribution in [0.5, 0.6) is 0 Å². The van der Waals surface area contributed by atoms with Gasteiger partial charge in [-0.3, -0.25) is 4.79 Å². The molecule has 2 N–H and O–H groups in total. The van der Waals surface area contributed by atoms with Crippen LogP contribution in [0.1, 0.15) is 51.4 Å². The number of nitrogens with one attached hydrogen (secondary N) is 1. The first-order valence-corrected chi connectivity index (χ1v) is 7.31. The smallest absolute Gasteiger partial charge is 0.248 e. The number of aliphatic hydroxyl groups excluding tert-OH is 1. The molecular formula is C14H23F2NO2. The molecule has 0 aromatic heterocycles. The Labute approximate surface area is 112 Å². The Bertz CT molecular complexity index is 307. The van der Waals surface area contributed by atoms with E-state index >= 15 is 0 Å². The average molecular weight is 275 g/mol. The fourth-order valence-corrected chi connectivity index (χ4v) is 3.16. The lowest BCUT2D eigenvalue weighted by molar-refractivity contribution is -0.129. The SMILES string of the molecule is O=C(NCC(O)C1CCCC1)C1CCC(F)(F)CC1. The highest BCUT2D eigenvalue weighted by Gasteiger charge is 2.37. The van der Waals surface area contributed by atoms with Gasteiger partial charge in [0, 0.05) is 25.3 Å². The number of carbonyl (C=O) groups excluding carboxylic acids is 1. The molecule has 110 valence electrons. The van der Waals surface area contributed by atoms with Gasteiger partial charge in [0.05, 0.1) is 6.10 Å². The normalized spacial score (nSPS) is 26.3. The first-order valence-electron chi connectivity index (χ1n) is 7.31. The van der Waals surface area contributed by atoms with Crippen molar-refractivity contribution in [2.75, 3.05) is 6.54 Å². The highest BCUT2D eigenvalue weighted by Crippen LogP contribution is 2.36. The van der Waals surface area contributed by atoms with Crippen LogP contribution in [-0.4, -0.2) is 29.6 Å². The third-order valence-corrected chi connectivity index (χ3v) is 4.52. The van der Waals surface area contributed by atoms with Crippen molar-refractivity contribution in [2.24, 2.45) is 11.8 Å². The number of rotatable bonds is 4. The molecule has 5 heteroatoms. The van der Waals surface area contributed by atoms with Crippen molar-refractivity contribution >= 4 is 5.91 Å². The molecule has 2 saturated carbocycles. The minimum Gasteiger partial charge on any atom is -0.391 e. The van der Waals surface area contributed by atoms with Gasteiger partial charge in [-0.2, -0.15) is 0 Å². The molecule has 2 fully saturated rings. The van der Waals surface area contributed by atoms with E-state index in [0.717, 1.165) is 25.7 Å². The number of aliphatic hydroxyl groups is 1. The molecule has 2 aliphatic rings. The Morgan fingerprint density at radius 1 is 1.21 bits per heavy atom. The Morgan fingerprint density at radius 2 is 1.79 bits per heavy atom. The number of alkyl halides is 2. The van der Waals surface area contributed by atoms with Gasteiger partial charge in [0.2, 0.25) is 11.8 Å². The van der Waals surface area contributed by atoms with E-state index < -0.39 is 12.0 Å². The van der Waals surface area contributed by atoms with Crippen LogP contribution in [0, 0.1) is 11.8 Å². The maximum absolute atomic E-state index is 13.0. The molecule has 0 bridgehead atoms. The summed E-state index contributed by atoms with van der Waals surface area (Å²) < 4.78 is 26.0. The van der Waals surface area contributed by atoms with Crippen LogP contribution in [0.3, 0.4) is 0 Å². The van der Waals surface area contributed by atoms with Crippen molar-refractivity contribution in [1.82, 2.24) is 5.32 Å². The highest BCUT2D eigenvalue weighted by atomic mass is 19.3. The second kappa shape index (κ2) is 6.16. The van der Waals surface area contributed by atoms with Crippen LogP contribution in [0.2, 0.25) is 0 Å². The lowest BCUT2D eigenvalue weighted by atomic mass is 9.86. The lowest BCUT2D eigenvalue weighted by Crippen LogP contribution is -2.40. The van der Waals surface area contributed by atoms with Gasteiger partial charge >= 0.3 is 0 Å². The molecule has 2 aliphatic carbocycles. The molecule has 0 saturated heterocycles. The Kier molecular flexibility index (Phi) is 4.76. The number of halogens is 2. The van der Waals surface area contributed by atoms with Crippen molar-refractivity contribution in [3.05, 3.63) is 0 Å². The molecule has 0 aromatic carbocycles. The summed E-state index contributed by atoms with van der Waals surface area (Å²) >= 11 is 0. The van der Waals surface area contributed by atoms with Gasteiger partial charge in [-0.05, 0) is 31.6 Å². The van der Waals surface area contributed by atoms with Gasteiger partial charge in [0.15, 0.2) is 0 Å². The largest absolute Gasteiger partial charge is 0.391 e. The molecule has 0 radical (unpaired) electrons. The van der Waals surface area contributed by atoms with Crippen LogP contribution < -0.4 is 5.32 Å². The van der Waals surface area contributed by atoms with Gasteiger partial charge in [-0.15, -0.1) is 0 Å². The van der Waals surface area contributed by atoms with Crippen molar-refractivity contribution in [3.8, 4) is 0 Å². The van der Waals surface area contributed by atoms with Gasteiger partial charge in [-0.25, -0.2) is 8.78 Å². The predicted molar refractivity (Wildman–Crippen MR) is 67.9 cm³/mol. The zero-order valence-corrected chi connectivity index (χ0v) is 11.2. The van der Waals surface area contributed by atoms with Gasteiger partial charge < -0.3 is 10.4 Å². The Hall–Kier alpha value is -0.710. The number of carbonyl (C=O) groups is 1. The molecule has 3 nitrogen and oxygen atoms in total. The van der Waals surface area contributed by atoms with Gasteiger partial charge in [0.1, 0.15) is 0 Å². The van der Waals surface area contributed by atoms with Crippen molar-refractivity contribution in [2.45, 2.75) is 63.4 Å². The molecule has 2 rings (SSSR count). The van der Waals surface area contributed by atoms with Crippen LogP contribution >= 0.6 is 0 Å². The van der Waals surface area contributed by atoms with E-state index in [-0.39, 0.29) is 50.0 Å². The van der Waals surface area contributed by atoms with E-state index in [4.69, 9.17) is 0 Å². The second-order valence-corrected chi connectivity index (χ2v) is 5.99. The first kappa shape index (κ1) is 14.7. The molecule has 19 heavy (non-hydrogen) atoms. The monoisotopic (exact) mass is 275 g/mol. The van der Waals surface area contributed by atoms with Gasteiger partial charge in [-0.1, -0.05) is 12.8 Å². The summed E-state index contributed by atoms with van der Waals surface area (Å²) in [4.78, 5) is 11.9. The van der Waals surface area contributed by atoms with E-state index in [1.54, 1.807) is 0 Å². The zero-order chi connectivity index (χ0) is 13.9. The van der Waals surface area contributed by atoms with E-state index in [2.05, 4.69) is 5.32 Å². The maximum Gasteiger partial charge on any atom is 0.248 e. The summed E-state index contributed by atoms with van der Waals surface area (Å²) in [5.41, 5.74) is 0. The van der Waals surface area contributed by atoms with Crippen LogP contribution in [0.4, 0.5) is 8.78 Å². The highest BCUT2D eigenvalue weighted by molar-refractivity contribution is 5.78. The van der Waals surface area contributed by atoms with Gasteiger partial charge in [0.25, 0.3) is 0 Å². The van der Waals surface area contributed by atoms with E-state index in [1.807, 2.05) is 0 Å². The lowest BCUT2D eigenvalue weighted by Gasteiger charge is -2.28. The molecule has 0 spiro atoms. The summed E-state index contributed by atoms with van der Waals surface area (Å²) in [7, 11) is 0. The number of hydrogen-bond donors (Lipinski definition) is 2. The molecule has 0 aromatic rings. The second-order valence-electron chi connectivity index (χ2n) is 5.99. The molecule has 0 heterocycles. The predicted octanol–water partition coefficient (Wildman–Crippen LogP) is 2.48. The summed E-state index contributed by atoms with van der Waals surface area (Å²) in [6, 6.07) is 0. The summed E-state index contributed by atoms with van der Waals surface area (Å²) in [5, 5.41) is 12.7. The first-order chi connectivity index (χ1) is 8.98. The molecular weight excluding hydrogens is 252 g/mol. The quantitative estimate of drug-likeness (QED) is 0.828. The summed E-state index contributed by atoms with van der Waals surface area (Å²) in [6.45, 7) is 0.260. The van der Waals surface area contributed by atoms with Crippen LogP contribution in [-0.2, 0) is 4.79 Å². The third kappa shape index (κ3) is 4.13. The zero-order valence-electron chi connectivity index (χ0n) is 11.2. The summed E-state index contributed by atoms with van der Waals surface area (Å²) in [5.74, 6) is -2.79. The minimum absolute atomic E-state index is 0.174. The van der Waals surface area contributed by atoms with Crippen molar-refractivity contribution in [1.29, 1.82) is 0 Å². The Morgan fingerprint density at radius 3 is 2.37 bits per heavy atom. The standard InChI is InChI=1S/C14H23F2NO2/c15-14(16)7-5-11(6-8-14)13(19)17-9-12(18)10-3-1-2-4-10/h10-12,18H,1-9H2,(H,17,19). The van der Waals surface area contributed by atoms with Crippen LogP contribution in [0.25, 0.3) is 0 Å². The fourth-order valence-electron chi connectivity index (χ4n) is 3.16. The molecule has 0 aliphatic heterocycles. The third-order valence-electron chi connectivity index (χ3n) is 4.52. The van der Waals surface area contributed by atoms with E-state index in [0.29, 0.717) is 0 Å². The molecule has 1 amide bonds. The number of amides is 1. The summed E-state index contributed by atoms with van der Waals surface area (Å²) in [6.07, 6.45) is 3.94. The number of hydrogen-bond acceptors (Lipinski definition) is 2. The Balaban J connectivity index is 1.69. The van der Waals surface area contributed by atoms with Crippen LogP contribution in [0.15, 0.2) is 0 Å². The fraction of sp³-hybridized carbons (Fsp3) is 0.929. The van der Waals surface area contributed by atoms with Crippen molar-refractivity contribution < 1.29 is 18.7 Å². The maximum atomic E-state index is 13.0. The van der Waals surface area contributed by atoms with Crippen molar-refractivity contribution in [3.63, 3.8) is 0 Å². The topological polar surface area (TPSA) is 49.3 Å². The minimum atomic E-state index is -2.60.